The van der Waals surface area contributed by atoms with E-state index in [0.717, 1.165) is 24.2 Å². The van der Waals surface area contributed by atoms with Crippen molar-refractivity contribution in [1.82, 2.24) is 4.90 Å². The number of likely N-dealkylation sites (tertiary alicyclic amines) is 1. The monoisotopic (exact) mass is 222 g/mol. The maximum atomic E-state index is 13.7. The van der Waals surface area contributed by atoms with Crippen LogP contribution >= 0.6 is 0 Å². The zero-order valence-electron chi connectivity index (χ0n) is 9.75. The molecule has 1 aliphatic rings. The van der Waals surface area contributed by atoms with E-state index in [1.807, 2.05) is 6.07 Å². The number of benzene rings is 1. The van der Waals surface area contributed by atoms with Crippen molar-refractivity contribution in [3.63, 3.8) is 0 Å². The number of hydrogen-bond donors (Lipinski definition) is 1. The first kappa shape index (κ1) is 11.6. The molecule has 0 spiro atoms. The standard InChI is InChI=1S/C13H19FN2/c1-10(16-6-2-3-7-16)12-8-11(9-15)4-5-13(12)14/h4-5,8,10H,2-3,6-7,9,15H2,1H3. The van der Waals surface area contributed by atoms with E-state index in [9.17, 15) is 4.39 Å². The molecule has 1 aromatic carbocycles. The summed E-state index contributed by atoms with van der Waals surface area (Å²) in [5.41, 5.74) is 7.37. The van der Waals surface area contributed by atoms with E-state index in [2.05, 4.69) is 11.8 Å². The highest BCUT2D eigenvalue weighted by Gasteiger charge is 2.21. The zero-order valence-corrected chi connectivity index (χ0v) is 9.75. The highest BCUT2D eigenvalue weighted by atomic mass is 19.1. The van der Waals surface area contributed by atoms with Gasteiger partial charge in [0.25, 0.3) is 0 Å². The first-order valence-corrected chi connectivity index (χ1v) is 5.95. The molecule has 1 fully saturated rings. The summed E-state index contributed by atoms with van der Waals surface area (Å²) in [6, 6.07) is 5.35. The van der Waals surface area contributed by atoms with Crippen molar-refractivity contribution in [2.75, 3.05) is 13.1 Å². The van der Waals surface area contributed by atoms with Crippen LogP contribution in [-0.2, 0) is 6.54 Å². The molecular weight excluding hydrogens is 203 g/mol. The Morgan fingerprint density at radius 3 is 2.69 bits per heavy atom. The van der Waals surface area contributed by atoms with Crippen LogP contribution in [0.2, 0.25) is 0 Å². The molecule has 0 amide bonds. The minimum Gasteiger partial charge on any atom is -0.326 e. The van der Waals surface area contributed by atoms with E-state index in [4.69, 9.17) is 5.73 Å². The Bertz CT molecular complexity index is 359. The first-order valence-electron chi connectivity index (χ1n) is 5.95. The maximum Gasteiger partial charge on any atom is 0.127 e. The van der Waals surface area contributed by atoms with Gasteiger partial charge in [-0.3, -0.25) is 4.90 Å². The summed E-state index contributed by atoms with van der Waals surface area (Å²) < 4.78 is 13.7. The van der Waals surface area contributed by atoms with Gasteiger partial charge in [0.1, 0.15) is 5.82 Å². The van der Waals surface area contributed by atoms with Crippen molar-refractivity contribution < 1.29 is 4.39 Å². The summed E-state index contributed by atoms with van der Waals surface area (Å²) in [4.78, 5) is 2.33. The SMILES string of the molecule is CC(c1cc(CN)ccc1F)N1CCCC1. The van der Waals surface area contributed by atoms with E-state index in [-0.39, 0.29) is 11.9 Å². The lowest BCUT2D eigenvalue weighted by Crippen LogP contribution is -2.24. The summed E-state index contributed by atoms with van der Waals surface area (Å²) >= 11 is 0. The Hall–Kier alpha value is -0.930. The van der Waals surface area contributed by atoms with Gasteiger partial charge >= 0.3 is 0 Å². The van der Waals surface area contributed by atoms with Crippen LogP contribution in [0.5, 0.6) is 0 Å². The van der Waals surface area contributed by atoms with Crippen LogP contribution in [0.1, 0.15) is 36.9 Å². The molecule has 0 radical (unpaired) electrons. The molecular formula is C13H19FN2. The van der Waals surface area contributed by atoms with Crippen LogP contribution in [0.15, 0.2) is 18.2 Å². The van der Waals surface area contributed by atoms with Gasteiger partial charge in [0.05, 0.1) is 0 Å². The van der Waals surface area contributed by atoms with Gasteiger partial charge in [-0.05, 0) is 44.5 Å². The third-order valence-corrected chi connectivity index (χ3v) is 3.43. The molecule has 1 heterocycles. The Balaban J connectivity index is 2.23. The molecule has 1 saturated heterocycles. The second-order valence-corrected chi connectivity index (χ2v) is 4.48. The third kappa shape index (κ3) is 2.25. The topological polar surface area (TPSA) is 29.3 Å². The molecule has 2 N–H and O–H groups in total. The smallest absolute Gasteiger partial charge is 0.127 e. The van der Waals surface area contributed by atoms with Gasteiger partial charge in [0.15, 0.2) is 0 Å². The number of nitrogens with two attached hydrogens (primary N) is 1. The van der Waals surface area contributed by atoms with Crippen molar-refractivity contribution in [2.45, 2.75) is 32.4 Å². The predicted octanol–water partition coefficient (Wildman–Crippen LogP) is 2.44. The van der Waals surface area contributed by atoms with E-state index >= 15 is 0 Å². The summed E-state index contributed by atoms with van der Waals surface area (Å²) in [7, 11) is 0. The van der Waals surface area contributed by atoms with Crippen molar-refractivity contribution in [1.29, 1.82) is 0 Å². The average Bonchev–Trinajstić information content (AvgIpc) is 2.82. The largest absolute Gasteiger partial charge is 0.326 e. The van der Waals surface area contributed by atoms with E-state index in [1.165, 1.54) is 18.9 Å². The first-order chi connectivity index (χ1) is 7.72. The van der Waals surface area contributed by atoms with Gasteiger partial charge in [-0.15, -0.1) is 0 Å². The minimum absolute atomic E-state index is 0.114. The van der Waals surface area contributed by atoms with Crippen LogP contribution in [0, 0.1) is 5.82 Å². The van der Waals surface area contributed by atoms with Crippen LogP contribution in [-0.4, -0.2) is 18.0 Å². The van der Waals surface area contributed by atoms with E-state index < -0.39 is 0 Å². The summed E-state index contributed by atoms with van der Waals surface area (Å²) in [6.45, 7) is 4.70. The molecule has 0 saturated carbocycles. The van der Waals surface area contributed by atoms with Crippen LogP contribution in [0.3, 0.4) is 0 Å². The van der Waals surface area contributed by atoms with E-state index in [1.54, 1.807) is 6.07 Å². The number of rotatable bonds is 3. The maximum absolute atomic E-state index is 13.7. The number of hydrogen-bond acceptors (Lipinski definition) is 2. The Morgan fingerprint density at radius 2 is 2.06 bits per heavy atom. The van der Waals surface area contributed by atoms with Gasteiger partial charge in [0, 0.05) is 18.2 Å². The summed E-state index contributed by atoms with van der Waals surface area (Å²) in [6.07, 6.45) is 2.45. The van der Waals surface area contributed by atoms with Crippen molar-refractivity contribution >= 4 is 0 Å². The lowest BCUT2D eigenvalue weighted by atomic mass is 10.0. The minimum atomic E-state index is -0.114. The molecule has 0 aliphatic carbocycles. The normalized spacial score (nSPS) is 18.9. The second kappa shape index (κ2) is 4.93. The Labute approximate surface area is 96.2 Å². The van der Waals surface area contributed by atoms with Gasteiger partial charge < -0.3 is 5.73 Å². The molecule has 88 valence electrons. The lowest BCUT2D eigenvalue weighted by molar-refractivity contribution is 0.257. The quantitative estimate of drug-likeness (QED) is 0.851. The van der Waals surface area contributed by atoms with Crippen LogP contribution in [0.25, 0.3) is 0 Å². The zero-order chi connectivity index (χ0) is 11.5. The highest BCUT2D eigenvalue weighted by Crippen LogP contribution is 2.27. The predicted molar refractivity (Wildman–Crippen MR) is 63.5 cm³/mol. The third-order valence-electron chi connectivity index (χ3n) is 3.43. The second-order valence-electron chi connectivity index (χ2n) is 4.48. The average molecular weight is 222 g/mol. The Morgan fingerprint density at radius 1 is 1.38 bits per heavy atom. The van der Waals surface area contributed by atoms with Gasteiger partial charge in [-0.1, -0.05) is 12.1 Å². The number of nitrogens with zero attached hydrogens (tertiary/aromatic N) is 1. The molecule has 0 bridgehead atoms. The molecule has 3 heteroatoms. The van der Waals surface area contributed by atoms with Crippen molar-refractivity contribution in [3.8, 4) is 0 Å². The molecule has 2 nitrogen and oxygen atoms in total. The van der Waals surface area contributed by atoms with Gasteiger partial charge in [-0.2, -0.15) is 0 Å². The molecule has 16 heavy (non-hydrogen) atoms. The van der Waals surface area contributed by atoms with Gasteiger partial charge in [-0.25, -0.2) is 4.39 Å². The van der Waals surface area contributed by atoms with E-state index in [0.29, 0.717) is 6.54 Å². The number of halogens is 1. The summed E-state index contributed by atoms with van der Waals surface area (Å²) in [5.74, 6) is -0.114. The molecule has 0 aromatic heterocycles. The Kier molecular flexibility index (Phi) is 3.56. The summed E-state index contributed by atoms with van der Waals surface area (Å²) in [5, 5.41) is 0. The molecule has 1 aliphatic heterocycles. The fourth-order valence-electron chi connectivity index (χ4n) is 2.37. The molecule has 2 rings (SSSR count). The molecule has 1 unspecified atom stereocenters. The van der Waals surface area contributed by atoms with Crippen molar-refractivity contribution in [2.24, 2.45) is 5.73 Å². The van der Waals surface area contributed by atoms with Crippen LogP contribution < -0.4 is 5.73 Å². The fraction of sp³-hybridized carbons (Fsp3) is 0.538. The lowest BCUT2D eigenvalue weighted by Gasteiger charge is -2.24. The van der Waals surface area contributed by atoms with Crippen LogP contribution in [0.4, 0.5) is 4.39 Å². The molecule has 1 atom stereocenters. The highest BCUT2D eigenvalue weighted by molar-refractivity contribution is 5.27. The fourth-order valence-corrected chi connectivity index (χ4v) is 2.37. The van der Waals surface area contributed by atoms with Gasteiger partial charge in [0.2, 0.25) is 0 Å². The molecule has 1 aromatic rings. The van der Waals surface area contributed by atoms with Crippen molar-refractivity contribution in [3.05, 3.63) is 35.1 Å².